The second kappa shape index (κ2) is 5.82. The van der Waals surface area contributed by atoms with Crippen LogP contribution < -0.4 is 5.32 Å². The molecule has 0 fully saturated rings. The number of hydrogen-bond acceptors (Lipinski definition) is 2. The van der Waals surface area contributed by atoms with Crippen molar-refractivity contribution in [1.29, 1.82) is 0 Å². The predicted molar refractivity (Wildman–Crippen MR) is 71.3 cm³/mol. The van der Waals surface area contributed by atoms with E-state index >= 15 is 0 Å². The van der Waals surface area contributed by atoms with E-state index in [9.17, 15) is 8.78 Å². The van der Waals surface area contributed by atoms with Crippen molar-refractivity contribution in [3.63, 3.8) is 0 Å². The zero-order chi connectivity index (χ0) is 13.8. The quantitative estimate of drug-likeness (QED) is 0.885. The summed E-state index contributed by atoms with van der Waals surface area (Å²) in [5.41, 5.74) is 1.77. The molecule has 0 aliphatic rings. The summed E-state index contributed by atoms with van der Waals surface area (Å²) < 4.78 is 27.0. The molecule has 0 aliphatic heterocycles. The van der Waals surface area contributed by atoms with Crippen molar-refractivity contribution in [2.45, 2.75) is 32.9 Å². The average Bonchev–Trinajstić information content (AvgIpc) is 2.85. The van der Waals surface area contributed by atoms with Gasteiger partial charge in [-0.2, -0.15) is 5.10 Å². The van der Waals surface area contributed by atoms with Crippen LogP contribution in [0.25, 0.3) is 0 Å². The van der Waals surface area contributed by atoms with Crippen LogP contribution in [0.4, 0.5) is 14.5 Å². The van der Waals surface area contributed by atoms with Crippen molar-refractivity contribution in [2.24, 2.45) is 0 Å². The Bertz CT molecular complexity index is 535. The van der Waals surface area contributed by atoms with Crippen LogP contribution in [-0.2, 0) is 6.54 Å². The molecule has 0 radical (unpaired) electrons. The van der Waals surface area contributed by atoms with Crippen molar-refractivity contribution in [1.82, 2.24) is 9.78 Å². The zero-order valence-corrected chi connectivity index (χ0v) is 11.0. The van der Waals surface area contributed by atoms with Gasteiger partial charge in [0.2, 0.25) is 0 Å². The summed E-state index contributed by atoms with van der Waals surface area (Å²) in [6, 6.07) is 6.73. The zero-order valence-electron chi connectivity index (χ0n) is 11.0. The second-order valence-electron chi connectivity index (χ2n) is 4.70. The maximum atomic E-state index is 12.6. The van der Waals surface area contributed by atoms with Gasteiger partial charge in [-0.25, -0.2) is 8.78 Å². The van der Waals surface area contributed by atoms with Gasteiger partial charge in [-0.05, 0) is 25.5 Å². The van der Waals surface area contributed by atoms with E-state index in [-0.39, 0.29) is 5.56 Å². The highest BCUT2D eigenvalue weighted by molar-refractivity contribution is 5.39. The largest absolute Gasteiger partial charge is 0.378 e. The van der Waals surface area contributed by atoms with Gasteiger partial charge in [0.05, 0.1) is 11.9 Å². The normalized spacial score (nSPS) is 11.3. The Morgan fingerprint density at radius 2 is 2.11 bits per heavy atom. The average molecular weight is 265 g/mol. The summed E-state index contributed by atoms with van der Waals surface area (Å²) in [6.07, 6.45) is 1.21. The van der Waals surface area contributed by atoms with Crippen molar-refractivity contribution >= 4 is 5.69 Å². The van der Waals surface area contributed by atoms with E-state index in [2.05, 4.69) is 10.4 Å². The van der Waals surface area contributed by atoms with Crippen LogP contribution in [-0.4, -0.2) is 9.78 Å². The lowest BCUT2D eigenvalue weighted by molar-refractivity contribution is 0.151. The molecule has 0 amide bonds. The van der Waals surface area contributed by atoms with Crippen molar-refractivity contribution in [3.05, 3.63) is 47.8 Å². The fourth-order valence-corrected chi connectivity index (χ4v) is 1.75. The van der Waals surface area contributed by atoms with Gasteiger partial charge in [-0.15, -0.1) is 0 Å². The molecule has 1 aromatic carbocycles. The third kappa shape index (κ3) is 3.53. The Morgan fingerprint density at radius 1 is 1.32 bits per heavy atom. The summed E-state index contributed by atoms with van der Waals surface area (Å²) >= 11 is 0. The highest BCUT2D eigenvalue weighted by atomic mass is 19.3. The molecule has 2 aromatic rings. The van der Waals surface area contributed by atoms with Crippen molar-refractivity contribution < 1.29 is 8.78 Å². The van der Waals surface area contributed by atoms with Crippen LogP contribution in [0.15, 0.2) is 36.7 Å². The molecule has 1 N–H and O–H groups in total. The lowest BCUT2D eigenvalue weighted by Gasteiger charge is -2.06. The summed E-state index contributed by atoms with van der Waals surface area (Å²) in [6.45, 7) is 4.59. The van der Waals surface area contributed by atoms with Crippen LogP contribution in [0, 0.1) is 0 Å². The number of hydrogen-bond donors (Lipinski definition) is 1. The smallest absolute Gasteiger partial charge is 0.263 e. The molecule has 0 saturated carbocycles. The van der Waals surface area contributed by atoms with E-state index in [1.54, 1.807) is 12.3 Å². The molecule has 5 heteroatoms. The minimum absolute atomic E-state index is 0.0529. The van der Waals surface area contributed by atoms with Gasteiger partial charge >= 0.3 is 0 Å². The third-order valence-electron chi connectivity index (χ3n) is 2.83. The van der Waals surface area contributed by atoms with Crippen LogP contribution in [0.2, 0.25) is 0 Å². The molecule has 0 atom stereocenters. The molecule has 1 aromatic heterocycles. The van der Waals surface area contributed by atoms with E-state index < -0.39 is 6.43 Å². The fourth-order valence-electron chi connectivity index (χ4n) is 1.75. The number of anilines is 1. The molecule has 0 bridgehead atoms. The van der Waals surface area contributed by atoms with Gasteiger partial charge in [0.1, 0.15) is 0 Å². The van der Waals surface area contributed by atoms with Crippen molar-refractivity contribution in [2.75, 3.05) is 5.32 Å². The topological polar surface area (TPSA) is 29.9 Å². The Balaban J connectivity index is 1.99. The first-order chi connectivity index (χ1) is 9.06. The summed E-state index contributed by atoms with van der Waals surface area (Å²) in [7, 11) is 0. The van der Waals surface area contributed by atoms with Gasteiger partial charge in [-0.1, -0.05) is 18.2 Å². The fraction of sp³-hybridized carbons (Fsp3) is 0.357. The first kappa shape index (κ1) is 13.5. The monoisotopic (exact) mass is 265 g/mol. The Kier molecular flexibility index (Phi) is 4.14. The minimum atomic E-state index is -2.43. The van der Waals surface area contributed by atoms with Crippen LogP contribution in [0.5, 0.6) is 0 Å². The lowest BCUT2D eigenvalue weighted by Crippen LogP contribution is -2.01. The van der Waals surface area contributed by atoms with E-state index in [0.29, 0.717) is 12.6 Å². The van der Waals surface area contributed by atoms with Crippen LogP contribution in [0.1, 0.15) is 37.4 Å². The molecule has 0 spiro atoms. The summed E-state index contributed by atoms with van der Waals surface area (Å²) in [5.74, 6) is 0. The molecule has 1 heterocycles. The Hall–Kier alpha value is -1.91. The molecule has 0 aliphatic carbocycles. The van der Waals surface area contributed by atoms with Crippen LogP contribution in [0.3, 0.4) is 0 Å². The number of nitrogens with zero attached hydrogens (tertiary/aromatic N) is 2. The number of halogens is 2. The van der Waals surface area contributed by atoms with E-state index in [1.165, 1.54) is 12.1 Å². The molecule has 2 rings (SSSR count). The van der Waals surface area contributed by atoms with Gasteiger partial charge in [0, 0.05) is 24.3 Å². The second-order valence-corrected chi connectivity index (χ2v) is 4.70. The molecule has 19 heavy (non-hydrogen) atoms. The van der Waals surface area contributed by atoms with E-state index in [0.717, 1.165) is 11.3 Å². The van der Waals surface area contributed by atoms with Gasteiger partial charge in [-0.3, -0.25) is 4.68 Å². The minimum Gasteiger partial charge on any atom is -0.378 e. The summed E-state index contributed by atoms with van der Waals surface area (Å²) in [5, 5.41) is 7.38. The van der Waals surface area contributed by atoms with Gasteiger partial charge < -0.3 is 5.32 Å². The first-order valence-electron chi connectivity index (χ1n) is 6.21. The number of aromatic nitrogens is 2. The highest BCUT2D eigenvalue weighted by Gasteiger charge is 2.07. The standard InChI is InChI=1S/C14H17F2N3/c1-10(2)19-9-13(8-18-19)17-7-11-4-3-5-12(6-11)14(15)16/h3-6,8-10,14,17H,7H2,1-2H3. The lowest BCUT2D eigenvalue weighted by atomic mass is 10.1. The molecular formula is C14H17F2N3. The molecule has 0 unspecified atom stereocenters. The molecular weight excluding hydrogens is 248 g/mol. The van der Waals surface area contributed by atoms with E-state index in [4.69, 9.17) is 0 Å². The van der Waals surface area contributed by atoms with Gasteiger partial charge in [0.25, 0.3) is 6.43 Å². The summed E-state index contributed by atoms with van der Waals surface area (Å²) in [4.78, 5) is 0. The molecule has 0 saturated heterocycles. The Labute approximate surface area is 111 Å². The Morgan fingerprint density at radius 3 is 2.74 bits per heavy atom. The SMILES string of the molecule is CC(C)n1cc(NCc2cccc(C(F)F)c2)cn1. The number of nitrogens with one attached hydrogen (secondary N) is 1. The first-order valence-corrected chi connectivity index (χ1v) is 6.21. The van der Waals surface area contributed by atoms with E-state index in [1.807, 2.05) is 30.8 Å². The van der Waals surface area contributed by atoms with Crippen LogP contribution >= 0.6 is 0 Å². The predicted octanol–water partition coefficient (Wildman–Crippen LogP) is 4.01. The molecule has 3 nitrogen and oxygen atoms in total. The third-order valence-corrected chi connectivity index (χ3v) is 2.83. The number of benzene rings is 1. The highest BCUT2D eigenvalue weighted by Crippen LogP contribution is 2.20. The number of rotatable bonds is 5. The maximum absolute atomic E-state index is 12.6. The maximum Gasteiger partial charge on any atom is 0.263 e. The van der Waals surface area contributed by atoms with Crippen molar-refractivity contribution in [3.8, 4) is 0 Å². The van der Waals surface area contributed by atoms with Gasteiger partial charge in [0.15, 0.2) is 0 Å². The molecule has 102 valence electrons. The number of alkyl halides is 2.